The van der Waals surface area contributed by atoms with E-state index in [1.165, 1.54) is 6.92 Å². The largest absolute Gasteiger partial charge is 0.420 e. The van der Waals surface area contributed by atoms with Gasteiger partial charge in [-0.1, -0.05) is 0 Å². The molecule has 1 aromatic carbocycles. The third-order valence-electron chi connectivity index (χ3n) is 5.35. The van der Waals surface area contributed by atoms with Crippen LogP contribution in [0, 0.1) is 17.5 Å². The highest BCUT2D eigenvalue weighted by molar-refractivity contribution is 5.85. The van der Waals surface area contributed by atoms with Gasteiger partial charge >= 0.3 is 11.9 Å². The van der Waals surface area contributed by atoms with Crippen LogP contribution in [0.4, 0.5) is 26.3 Å². The van der Waals surface area contributed by atoms with Crippen molar-refractivity contribution in [3.05, 3.63) is 91.3 Å². The number of aromatic nitrogens is 3. The summed E-state index contributed by atoms with van der Waals surface area (Å²) in [5, 5.41) is 1.94. The van der Waals surface area contributed by atoms with Crippen LogP contribution in [0.5, 0.6) is 0 Å². The molecule has 1 aliphatic carbocycles. The van der Waals surface area contributed by atoms with Crippen molar-refractivity contribution in [1.82, 2.24) is 19.9 Å². The van der Waals surface area contributed by atoms with Crippen LogP contribution < -0.4 is 16.6 Å². The minimum Gasteiger partial charge on any atom is -0.346 e. The Morgan fingerprint density at radius 3 is 2.49 bits per heavy atom. The van der Waals surface area contributed by atoms with E-state index in [1.807, 2.05) is 5.73 Å². The van der Waals surface area contributed by atoms with Crippen molar-refractivity contribution in [2.24, 2.45) is 0 Å². The van der Waals surface area contributed by atoms with E-state index in [-0.39, 0.29) is 16.5 Å². The first-order valence-corrected chi connectivity index (χ1v) is 9.98. The SMILES string of the molecule is C[C@H](NC(=O)[C@@H](C1=C=C(C(F)(F)F)C1)n1c(=O)[nH]c2ccc(F)cc2c1=O)c1ncc(F)cc1F. The molecule has 182 valence electrons. The summed E-state index contributed by atoms with van der Waals surface area (Å²) in [6, 6.07) is 0.252. The molecule has 2 atom stereocenters. The fraction of sp³-hybridized carbons (Fsp3) is 0.227. The van der Waals surface area contributed by atoms with Gasteiger partial charge < -0.3 is 10.3 Å². The number of aromatic amines is 1. The highest BCUT2D eigenvalue weighted by Crippen LogP contribution is 2.39. The number of hydrogen-bond donors (Lipinski definition) is 2. The minimum atomic E-state index is -4.75. The van der Waals surface area contributed by atoms with Crippen LogP contribution in [0.25, 0.3) is 10.9 Å². The molecular formula is C22H14F6N4O3. The Bertz CT molecular complexity index is 1550. The number of nitrogens with zero attached hydrogens (tertiary/aromatic N) is 2. The van der Waals surface area contributed by atoms with Gasteiger partial charge in [0.25, 0.3) is 5.56 Å². The Balaban J connectivity index is 1.84. The Kier molecular flexibility index (Phi) is 5.89. The summed E-state index contributed by atoms with van der Waals surface area (Å²) in [7, 11) is 0. The first-order chi connectivity index (χ1) is 16.4. The molecule has 13 heteroatoms. The lowest BCUT2D eigenvalue weighted by molar-refractivity contribution is -0.124. The van der Waals surface area contributed by atoms with E-state index in [9.17, 15) is 40.7 Å². The van der Waals surface area contributed by atoms with Gasteiger partial charge in [0.1, 0.15) is 23.5 Å². The highest BCUT2D eigenvalue weighted by Gasteiger charge is 2.42. The molecule has 0 spiro atoms. The summed E-state index contributed by atoms with van der Waals surface area (Å²) in [4.78, 5) is 44.7. The maximum absolute atomic E-state index is 14.1. The maximum atomic E-state index is 14.1. The van der Waals surface area contributed by atoms with Crippen molar-refractivity contribution in [2.45, 2.75) is 31.6 Å². The van der Waals surface area contributed by atoms with Gasteiger partial charge in [-0.05, 0) is 25.1 Å². The predicted molar refractivity (Wildman–Crippen MR) is 110 cm³/mol. The van der Waals surface area contributed by atoms with E-state index in [0.29, 0.717) is 16.8 Å². The number of pyridine rings is 1. The van der Waals surface area contributed by atoms with Gasteiger partial charge in [-0.25, -0.2) is 22.5 Å². The molecule has 0 unspecified atom stereocenters. The Hall–Kier alpha value is -4.12. The first-order valence-electron chi connectivity index (χ1n) is 9.98. The predicted octanol–water partition coefficient (Wildman–Crippen LogP) is 3.34. The van der Waals surface area contributed by atoms with Crippen molar-refractivity contribution >= 4 is 16.8 Å². The second-order valence-electron chi connectivity index (χ2n) is 7.75. The molecule has 0 aliphatic heterocycles. The minimum absolute atomic E-state index is 0.0585. The molecule has 35 heavy (non-hydrogen) atoms. The molecule has 3 aromatic rings. The summed E-state index contributed by atoms with van der Waals surface area (Å²) in [6.45, 7) is 1.26. The first kappa shape index (κ1) is 24.0. The highest BCUT2D eigenvalue weighted by atomic mass is 19.4. The standard InChI is InChI=1S/C22H14F6N4O3/c1-9(17-15(25)7-13(24)8-29-17)30-19(33)18(10-4-11(5-10)22(26,27)28)32-20(34)14-6-12(23)2-3-16(14)31-21(32)35/h2-3,6-9,18H,4H2,1H3,(H,30,33)(H,31,35)/t9-,18+/m0/s1. The van der Waals surface area contributed by atoms with Crippen molar-refractivity contribution in [2.75, 3.05) is 0 Å². The van der Waals surface area contributed by atoms with Gasteiger partial charge in [-0.15, -0.1) is 5.73 Å². The van der Waals surface area contributed by atoms with E-state index in [2.05, 4.69) is 15.3 Å². The Morgan fingerprint density at radius 1 is 1.17 bits per heavy atom. The molecule has 2 aromatic heterocycles. The molecule has 0 saturated carbocycles. The number of hydrogen-bond acceptors (Lipinski definition) is 4. The van der Waals surface area contributed by atoms with Gasteiger partial charge in [-0.3, -0.25) is 14.6 Å². The molecular weight excluding hydrogens is 482 g/mol. The lowest BCUT2D eigenvalue weighted by Crippen LogP contribution is -2.46. The maximum Gasteiger partial charge on any atom is 0.420 e. The number of amides is 1. The van der Waals surface area contributed by atoms with E-state index < -0.39 is 70.6 Å². The van der Waals surface area contributed by atoms with E-state index in [1.54, 1.807) is 0 Å². The molecule has 7 nitrogen and oxygen atoms in total. The smallest absolute Gasteiger partial charge is 0.346 e. The number of carbonyl (C=O) groups excluding carboxylic acids is 1. The van der Waals surface area contributed by atoms with Gasteiger partial charge in [0.05, 0.1) is 34.4 Å². The fourth-order valence-electron chi connectivity index (χ4n) is 3.67. The number of rotatable bonds is 5. The molecule has 2 N–H and O–H groups in total. The van der Waals surface area contributed by atoms with Crippen LogP contribution in [-0.2, 0) is 4.79 Å². The Labute approximate surface area is 191 Å². The van der Waals surface area contributed by atoms with Crippen molar-refractivity contribution in [3.8, 4) is 0 Å². The average molecular weight is 496 g/mol. The molecule has 1 amide bonds. The molecule has 0 saturated heterocycles. The topological polar surface area (TPSA) is 96.9 Å². The number of alkyl halides is 3. The van der Waals surface area contributed by atoms with Crippen LogP contribution in [-0.4, -0.2) is 26.6 Å². The lowest BCUT2D eigenvalue weighted by Gasteiger charge is -2.27. The Morgan fingerprint density at radius 2 is 1.86 bits per heavy atom. The quantitative estimate of drug-likeness (QED) is 0.419. The van der Waals surface area contributed by atoms with Crippen LogP contribution in [0.3, 0.4) is 0 Å². The summed E-state index contributed by atoms with van der Waals surface area (Å²) in [6.07, 6.45) is -4.87. The van der Waals surface area contributed by atoms with Gasteiger partial charge in [0.15, 0.2) is 0 Å². The second kappa shape index (κ2) is 8.58. The summed E-state index contributed by atoms with van der Waals surface area (Å²) < 4.78 is 80.3. The summed E-state index contributed by atoms with van der Waals surface area (Å²) >= 11 is 0. The third-order valence-corrected chi connectivity index (χ3v) is 5.35. The normalized spacial score (nSPS) is 15.2. The molecule has 4 rings (SSSR count). The van der Waals surface area contributed by atoms with Crippen LogP contribution in [0.15, 0.2) is 56.9 Å². The van der Waals surface area contributed by atoms with Crippen LogP contribution in [0.1, 0.15) is 31.1 Å². The molecule has 0 bridgehead atoms. The summed E-state index contributed by atoms with van der Waals surface area (Å²) in [5.74, 6) is -4.07. The lowest BCUT2D eigenvalue weighted by atomic mass is 9.90. The van der Waals surface area contributed by atoms with Crippen molar-refractivity contribution < 1.29 is 31.1 Å². The van der Waals surface area contributed by atoms with E-state index in [4.69, 9.17) is 0 Å². The average Bonchev–Trinajstić information content (AvgIpc) is 2.71. The number of nitrogens with one attached hydrogen (secondary N) is 2. The van der Waals surface area contributed by atoms with Gasteiger partial charge in [-0.2, -0.15) is 13.2 Å². The molecule has 0 fully saturated rings. The zero-order chi connectivity index (χ0) is 25.7. The number of H-pyrrole nitrogens is 1. The second-order valence-corrected chi connectivity index (χ2v) is 7.75. The van der Waals surface area contributed by atoms with Gasteiger partial charge in [0.2, 0.25) is 5.91 Å². The van der Waals surface area contributed by atoms with Crippen molar-refractivity contribution in [3.63, 3.8) is 0 Å². The fourth-order valence-corrected chi connectivity index (χ4v) is 3.67. The zero-order valence-electron chi connectivity index (χ0n) is 17.6. The number of halogens is 6. The van der Waals surface area contributed by atoms with Crippen LogP contribution in [0.2, 0.25) is 0 Å². The molecule has 0 radical (unpaired) electrons. The third kappa shape index (κ3) is 4.50. The van der Waals surface area contributed by atoms with E-state index in [0.717, 1.165) is 18.2 Å². The van der Waals surface area contributed by atoms with E-state index >= 15 is 0 Å². The molecule has 2 heterocycles. The molecule has 1 aliphatic rings. The van der Waals surface area contributed by atoms with Crippen molar-refractivity contribution in [1.29, 1.82) is 0 Å². The van der Waals surface area contributed by atoms with Gasteiger partial charge in [0, 0.05) is 18.1 Å². The number of carbonyl (C=O) groups is 1. The van der Waals surface area contributed by atoms with Crippen LogP contribution >= 0.6 is 0 Å². The zero-order valence-corrected chi connectivity index (χ0v) is 17.6. The summed E-state index contributed by atoms with van der Waals surface area (Å²) in [5.41, 5.74) is -2.24. The number of fused-ring (bicyclic) bond motifs is 1. The number of benzene rings is 1. The monoisotopic (exact) mass is 496 g/mol.